The minimum Gasteiger partial charge on any atom is -0.309 e. The summed E-state index contributed by atoms with van der Waals surface area (Å²) in [5.41, 5.74) is 1.10. The van der Waals surface area contributed by atoms with Crippen molar-refractivity contribution in [2.24, 2.45) is 5.92 Å². The number of hydrogen-bond acceptors (Lipinski definition) is 3. The number of hydrogen-bond donors (Lipinski definition) is 2. The van der Waals surface area contributed by atoms with E-state index in [4.69, 9.17) is 0 Å². The number of nitrogens with one attached hydrogen (secondary N) is 2. The smallest absolute Gasteiger partial charge is 0.211 e. The van der Waals surface area contributed by atoms with Crippen molar-refractivity contribution in [1.29, 1.82) is 0 Å². The lowest BCUT2D eigenvalue weighted by Crippen LogP contribution is -2.68. The van der Waals surface area contributed by atoms with Gasteiger partial charge >= 0.3 is 0 Å². The molecule has 2 unspecified atom stereocenters. The van der Waals surface area contributed by atoms with Crippen molar-refractivity contribution in [3.63, 3.8) is 0 Å². The van der Waals surface area contributed by atoms with Crippen LogP contribution in [-0.4, -0.2) is 32.3 Å². The standard InChI is InChI=1S/C21H24F2N2O2S.ClH/c1-2-28(26,27)25-21-15-9-17(10-15)24-19(21)11-14-8-16(22)12-18(20(14)23)13-6-4-3-5-7-13;/h3-8,12,15,17,19,21,24-25H,2,9-11H2,1H3;1H. The zero-order valence-corrected chi connectivity index (χ0v) is 17.7. The molecule has 2 bridgehead atoms. The highest BCUT2D eigenvalue weighted by Crippen LogP contribution is 2.38. The van der Waals surface area contributed by atoms with E-state index in [0.29, 0.717) is 11.6 Å². The highest BCUT2D eigenvalue weighted by Gasteiger charge is 2.46. The van der Waals surface area contributed by atoms with Gasteiger partial charge in [-0.15, -0.1) is 12.4 Å². The second-order valence-electron chi connectivity index (χ2n) is 7.75. The topological polar surface area (TPSA) is 58.2 Å². The molecule has 2 atom stereocenters. The second-order valence-corrected chi connectivity index (χ2v) is 9.79. The molecule has 29 heavy (non-hydrogen) atoms. The first-order valence-electron chi connectivity index (χ1n) is 9.65. The van der Waals surface area contributed by atoms with Crippen LogP contribution in [0, 0.1) is 17.6 Å². The Labute approximate surface area is 176 Å². The van der Waals surface area contributed by atoms with Crippen LogP contribution in [0.3, 0.4) is 0 Å². The third-order valence-corrected chi connectivity index (χ3v) is 7.29. The third-order valence-electron chi connectivity index (χ3n) is 5.90. The Balaban J connectivity index is 0.00000240. The van der Waals surface area contributed by atoms with Crippen molar-refractivity contribution >= 4 is 22.4 Å². The Hall–Kier alpha value is -1.54. The maximum Gasteiger partial charge on any atom is 0.211 e. The van der Waals surface area contributed by atoms with Gasteiger partial charge in [0.2, 0.25) is 10.0 Å². The van der Waals surface area contributed by atoms with Gasteiger partial charge in [-0.05, 0) is 55.4 Å². The maximum atomic E-state index is 15.2. The van der Waals surface area contributed by atoms with E-state index in [2.05, 4.69) is 10.0 Å². The minimum absolute atomic E-state index is 0. The van der Waals surface area contributed by atoms with Crippen LogP contribution in [0.15, 0.2) is 42.5 Å². The van der Waals surface area contributed by atoms with E-state index in [-0.39, 0.29) is 53.7 Å². The Morgan fingerprint density at radius 2 is 1.83 bits per heavy atom. The van der Waals surface area contributed by atoms with Crippen LogP contribution in [0.4, 0.5) is 8.78 Å². The molecule has 2 aromatic carbocycles. The molecule has 158 valence electrons. The summed E-state index contributed by atoms with van der Waals surface area (Å²) in [6.45, 7) is 1.59. The summed E-state index contributed by atoms with van der Waals surface area (Å²) >= 11 is 0. The monoisotopic (exact) mass is 442 g/mol. The molecule has 1 saturated carbocycles. The molecule has 2 aromatic rings. The summed E-state index contributed by atoms with van der Waals surface area (Å²) < 4.78 is 56.5. The minimum atomic E-state index is -3.38. The molecule has 0 amide bonds. The van der Waals surface area contributed by atoms with Crippen molar-refractivity contribution in [1.82, 2.24) is 10.0 Å². The predicted molar refractivity (Wildman–Crippen MR) is 113 cm³/mol. The molecule has 5 rings (SSSR count). The summed E-state index contributed by atoms with van der Waals surface area (Å²) in [6.07, 6.45) is 2.05. The molecular weight excluding hydrogens is 418 g/mol. The van der Waals surface area contributed by atoms with Gasteiger partial charge < -0.3 is 5.32 Å². The maximum absolute atomic E-state index is 15.2. The van der Waals surface area contributed by atoms with Gasteiger partial charge in [-0.1, -0.05) is 30.3 Å². The second kappa shape index (κ2) is 8.68. The number of benzene rings is 2. The van der Waals surface area contributed by atoms with E-state index in [9.17, 15) is 12.8 Å². The van der Waals surface area contributed by atoms with Crippen molar-refractivity contribution < 1.29 is 17.2 Å². The molecule has 0 aromatic heterocycles. The van der Waals surface area contributed by atoms with Crippen LogP contribution in [0.25, 0.3) is 11.1 Å². The number of fused-ring (bicyclic) bond motifs is 2. The number of sulfonamides is 1. The van der Waals surface area contributed by atoms with Crippen molar-refractivity contribution in [2.45, 2.75) is 44.3 Å². The van der Waals surface area contributed by atoms with Crippen molar-refractivity contribution in [3.8, 4) is 11.1 Å². The van der Waals surface area contributed by atoms with E-state index in [1.54, 1.807) is 31.2 Å². The van der Waals surface area contributed by atoms with Gasteiger partial charge in [0.15, 0.2) is 0 Å². The van der Waals surface area contributed by atoms with Gasteiger partial charge in [-0.3, -0.25) is 0 Å². The predicted octanol–water partition coefficient (Wildman–Crippen LogP) is 3.65. The molecule has 2 aliphatic heterocycles. The van der Waals surface area contributed by atoms with E-state index in [0.717, 1.165) is 12.8 Å². The number of halogens is 3. The fourth-order valence-corrected chi connectivity index (χ4v) is 5.28. The molecule has 2 saturated heterocycles. The summed E-state index contributed by atoms with van der Waals surface area (Å²) in [5, 5.41) is 3.42. The Bertz CT molecular complexity index is 966. The Kier molecular flexibility index (Phi) is 6.63. The highest BCUT2D eigenvalue weighted by atomic mass is 35.5. The molecule has 0 spiro atoms. The van der Waals surface area contributed by atoms with Gasteiger partial charge in [-0.2, -0.15) is 0 Å². The first kappa shape index (κ1) is 22.2. The average Bonchev–Trinajstić information content (AvgIpc) is 2.65. The summed E-state index contributed by atoms with van der Waals surface area (Å²) in [6, 6.07) is 11.0. The lowest BCUT2D eigenvalue weighted by atomic mass is 9.68. The first-order chi connectivity index (χ1) is 13.4. The molecule has 0 radical (unpaired) electrons. The van der Waals surface area contributed by atoms with Gasteiger partial charge in [0.25, 0.3) is 0 Å². The van der Waals surface area contributed by atoms with Gasteiger partial charge in [-0.25, -0.2) is 21.9 Å². The number of rotatable bonds is 6. The highest BCUT2D eigenvalue weighted by molar-refractivity contribution is 7.89. The summed E-state index contributed by atoms with van der Waals surface area (Å²) in [5.74, 6) is -0.714. The molecule has 3 fully saturated rings. The van der Waals surface area contributed by atoms with E-state index in [1.165, 1.54) is 12.1 Å². The van der Waals surface area contributed by atoms with Crippen LogP contribution < -0.4 is 10.0 Å². The van der Waals surface area contributed by atoms with Crippen molar-refractivity contribution in [2.75, 3.05) is 5.75 Å². The van der Waals surface area contributed by atoms with Crippen LogP contribution in [0.2, 0.25) is 0 Å². The molecule has 8 heteroatoms. The van der Waals surface area contributed by atoms with E-state index >= 15 is 4.39 Å². The SMILES string of the molecule is CCS(=O)(=O)NC1C2CC(C2)NC1Cc1cc(F)cc(-c2ccccc2)c1F.Cl. The average molecular weight is 443 g/mol. The Morgan fingerprint density at radius 1 is 1.14 bits per heavy atom. The van der Waals surface area contributed by atoms with Crippen LogP contribution >= 0.6 is 12.4 Å². The zero-order valence-electron chi connectivity index (χ0n) is 16.1. The van der Waals surface area contributed by atoms with Crippen molar-refractivity contribution in [3.05, 3.63) is 59.7 Å². The summed E-state index contributed by atoms with van der Waals surface area (Å²) in [4.78, 5) is 0. The fraction of sp³-hybridized carbons (Fsp3) is 0.429. The third kappa shape index (κ3) is 4.63. The van der Waals surface area contributed by atoms with E-state index < -0.39 is 21.7 Å². The molecule has 2 N–H and O–H groups in total. The zero-order chi connectivity index (χ0) is 19.9. The van der Waals surface area contributed by atoms with Crippen LogP contribution in [0.1, 0.15) is 25.3 Å². The quantitative estimate of drug-likeness (QED) is 0.717. The summed E-state index contributed by atoms with van der Waals surface area (Å²) in [7, 11) is -3.38. The fourth-order valence-electron chi connectivity index (χ4n) is 4.34. The molecule has 3 aliphatic rings. The Morgan fingerprint density at radius 3 is 2.48 bits per heavy atom. The molecular formula is C21H25ClF2N2O2S. The van der Waals surface area contributed by atoms with Gasteiger partial charge in [0, 0.05) is 23.7 Å². The molecule has 1 aliphatic carbocycles. The van der Waals surface area contributed by atoms with Crippen LogP contribution in [0.5, 0.6) is 0 Å². The normalized spacial score (nSPS) is 25.8. The van der Waals surface area contributed by atoms with Gasteiger partial charge in [0.05, 0.1) is 5.75 Å². The first-order valence-corrected chi connectivity index (χ1v) is 11.3. The van der Waals surface area contributed by atoms with Gasteiger partial charge in [0.1, 0.15) is 11.6 Å². The molecule has 2 heterocycles. The largest absolute Gasteiger partial charge is 0.309 e. The van der Waals surface area contributed by atoms with Crippen LogP contribution in [-0.2, 0) is 16.4 Å². The van der Waals surface area contributed by atoms with E-state index in [1.807, 2.05) is 6.07 Å². The lowest BCUT2D eigenvalue weighted by molar-refractivity contribution is 0.0808. The number of piperidine rings is 2. The lowest BCUT2D eigenvalue weighted by Gasteiger charge is -2.52. The molecule has 4 nitrogen and oxygen atoms in total.